The van der Waals surface area contributed by atoms with E-state index < -0.39 is 10.0 Å². The van der Waals surface area contributed by atoms with Crippen LogP contribution in [0.25, 0.3) is 0 Å². The first kappa shape index (κ1) is 15.3. The summed E-state index contributed by atoms with van der Waals surface area (Å²) < 4.78 is 33.0. The van der Waals surface area contributed by atoms with Gasteiger partial charge in [-0.25, -0.2) is 13.1 Å². The van der Waals surface area contributed by atoms with E-state index in [1.807, 2.05) is 20.0 Å². The number of methoxy groups -OCH3 is 1. The van der Waals surface area contributed by atoms with Gasteiger partial charge in [-0.3, -0.25) is 0 Å². The molecule has 1 saturated heterocycles. The SMILES string of the molecule is COc1ccc(C)cc1S(=O)(=O)NC1CCN(C)CC1. The fourth-order valence-electron chi connectivity index (χ4n) is 2.40. The van der Waals surface area contributed by atoms with E-state index in [-0.39, 0.29) is 10.9 Å². The lowest BCUT2D eigenvalue weighted by atomic mass is 10.1. The molecule has 5 nitrogen and oxygen atoms in total. The number of likely N-dealkylation sites (tertiary alicyclic amines) is 1. The van der Waals surface area contributed by atoms with Crippen LogP contribution < -0.4 is 9.46 Å². The third-order valence-corrected chi connectivity index (χ3v) is 5.19. The molecule has 2 rings (SSSR count). The molecular formula is C14H22N2O3S. The molecule has 0 atom stereocenters. The highest BCUT2D eigenvalue weighted by Crippen LogP contribution is 2.25. The zero-order chi connectivity index (χ0) is 14.8. The predicted octanol–water partition coefficient (Wildman–Crippen LogP) is 1.38. The quantitative estimate of drug-likeness (QED) is 0.912. The maximum atomic E-state index is 12.5. The van der Waals surface area contributed by atoms with E-state index >= 15 is 0 Å². The number of sulfonamides is 1. The standard InChI is InChI=1S/C14H22N2O3S/c1-11-4-5-13(19-3)14(10-11)20(17,18)15-12-6-8-16(2)9-7-12/h4-5,10,12,15H,6-9H2,1-3H3. The number of nitrogens with one attached hydrogen (secondary N) is 1. The Balaban J connectivity index is 2.20. The Hall–Kier alpha value is -1.11. The minimum atomic E-state index is -3.54. The predicted molar refractivity (Wildman–Crippen MR) is 78.6 cm³/mol. The fraction of sp³-hybridized carbons (Fsp3) is 0.571. The van der Waals surface area contributed by atoms with Crippen LogP contribution in [0.2, 0.25) is 0 Å². The summed E-state index contributed by atoms with van der Waals surface area (Å²) in [6.07, 6.45) is 1.67. The summed E-state index contributed by atoms with van der Waals surface area (Å²) in [7, 11) is -0.000883. The van der Waals surface area contributed by atoms with E-state index in [9.17, 15) is 8.42 Å². The van der Waals surface area contributed by atoms with Gasteiger partial charge in [0.2, 0.25) is 10.0 Å². The lowest BCUT2D eigenvalue weighted by Crippen LogP contribution is -2.43. The first-order valence-electron chi connectivity index (χ1n) is 6.78. The Morgan fingerprint density at radius 1 is 1.30 bits per heavy atom. The van der Waals surface area contributed by atoms with Crippen molar-refractivity contribution < 1.29 is 13.2 Å². The Morgan fingerprint density at radius 3 is 2.55 bits per heavy atom. The second kappa shape index (κ2) is 6.11. The zero-order valence-corrected chi connectivity index (χ0v) is 13.0. The van der Waals surface area contributed by atoms with Crippen molar-refractivity contribution in [2.75, 3.05) is 27.2 Å². The van der Waals surface area contributed by atoms with Gasteiger partial charge < -0.3 is 9.64 Å². The molecule has 20 heavy (non-hydrogen) atoms. The van der Waals surface area contributed by atoms with Gasteiger partial charge in [0.05, 0.1) is 7.11 Å². The highest BCUT2D eigenvalue weighted by atomic mass is 32.2. The van der Waals surface area contributed by atoms with Crippen LogP contribution in [-0.2, 0) is 10.0 Å². The number of piperidine rings is 1. The van der Waals surface area contributed by atoms with Gasteiger partial charge in [-0.05, 0) is 57.6 Å². The van der Waals surface area contributed by atoms with Crippen molar-refractivity contribution in [3.8, 4) is 5.75 Å². The molecule has 6 heteroatoms. The van der Waals surface area contributed by atoms with Crippen molar-refractivity contribution in [3.05, 3.63) is 23.8 Å². The van der Waals surface area contributed by atoms with Gasteiger partial charge >= 0.3 is 0 Å². The molecular weight excluding hydrogens is 276 g/mol. The second-order valence-electron chi connectivity index (χ2n) is 5.35. The van der Waals surface area contributed by atoms with Gasteiger partial charge in [0, 0.05) is 6.04 Å². The second-order valence-corrected chi connectivity index (χ2v) is 7.04. The summed E-state index contributed by atoms with van der Waals surface area (Å²) in [5, 5.41) is 0. The molecule has 0 aromatic heterocycles. The van der Waals surface area contributed by atoms with Crippen molar-refractivity contribution in [2.45, 2.75) is 30.7 Å². The van der Waals surface area contributed by atoms with E-state index in [0.29, 0.717) is 5.75 Å². The van der Waals surface area contributed by atoms with E-state index in [1.165, 1.54) is 7.11 Å². The lowest BCUT2D eigenvalue weighted by molar-refractivity contribution is 0.248. The number of ether oxygens (including phenoxy) is 1. The van der Waals surface area contributed by atoms with Gasteiger partial charge in [-0.2, -0.15) is 0 Å². The topological polar surface area (TPSA) is 58.6 Å². The molecule has 0 saturated carbocycles. The normalized spacial score (nSPS) is 18.1. The van der Waals surface area contributed by atoms with Crippen LogP contribution in [0.5, 0.6) is 5.75 Å². The molecule has 0 radical (unpaired) electrons. The summed E-state index contributed by atoms with van der Waals surface area (Å²) in [6.45, 7) is 3.70. The molecule has 1 aromatic carbocycles. The van der Waals surface area contributed by atoms with Gasteiger partial charge in [-0.15, -0.1) is 0 Å². The van der Waals surface area contributed by atoms with Crippen LogP contribution in [-0.4, -0.2) is 46.6 Å². The molecule has 1 N–H and O–H groups in total. The number of rotatable bonds is 4. The monoisotopic (exact) mass is 298 g/mol. The first-order valence-corrected chi connectivity index (χ1v) is 8.26. The largest absolute Gasteiger partial charge is 0.495 e. The minimum absolute atomic E-state index is 0.00131. The Kier molecular flexibility index (Phi) is 4.67. The number of hydrogen-bond donors (Lipinski definition) is 1. The maximum Gasteiger partial charge on any atom is 0.244 e. The third kappa shape index (κ3) is 3.50. The average molecular weight is 298 g/mol. The first-order chi connectivity index (χ1) is 9.42. The average Bonchev–Trinajstić information content (AvgIpc) is 2.41. The maximum absolute atomic E-state index is 12.5. The van der Waals surface area contributed by atoms with Crippen LogP contribution in [0.1, 0.15) is 18.4 Å². The van der Waals surface area contributed by atoms with Gasteiger partial charge in [0.15, 0.2) is 0 Å². The van der Waals surface area contributed by atoms with Crippen molar-refractivity contribution in [1.82, 2.24) is 9.62 Å². The van der Waals surface area contributed by atoms with Crippen LogP contribution in [0.15, 0.2) is 23.1 Å². The summed E-state index contributed by atoms with van der Waals surface area (Å²) in [6, 6.07) is 5.18. The summed E-state index contributed by atoms with van der Waals surface area (Å²) >= 11 is 0. The molecule has 0 aliphatic carbocycles. The highest BCUT2D eigenvalue weighted by Gasteiger charge is 2.25. The van der Waals surface area contributed by atoms with E-state index in [1.54, 1.807) is 12.1 Å². The summed E-state index contributed by atoms with van der Waals surface area (Å²) in [5.74, 6) is 0.385. The van der Waals surface area contributed by atoms with Crippen LogP contribution >= 0.6 is 0 Å². The number of hydrogen-bond acceptors (Lipinski definition) is 4. The van der Waals surface area contributed by atoms with Crippen molar-refractivity contribution >= 4 is 10.0 Å². The van der Waals surface area contributed by atoms with Crippen molar-refractivity contribution in [2.24, 2.45) is 0 Å². The number of benzene rings is 1. The Morgan fingerprint density at radius 2 is 1.95 bits per heavy atom. The fourth-order valence-corrected chi connectivity index (χ4v) is 3.96. The minimum Gasteiger partial charge on any atom is -0.495 e. The smallest absolute Gasteiger partial charge is 0.244 e. The molecule has 1 fully saturated rings. The van der Waals surface area contributed by atoms with Crippen LogP contribution in [0.3, 0.4) is 0 Å². The third-order valence-electron chi connectivity index (χ3n) is 3.65. The van der Waals surface area contributed by atoms with E-state index in [0.717, 1.165) is 31.5 Å². The molecule has 112 valence electrons. The van der Waals surface area contributed by atoms with Gasteiger partial charge in [-0.1, -0.05) is 6.07 Å². The van der Waals surface area contributed by atoms with Crippen LogP contribution in [0.4, 0.5) is 0 Å². The molecule has 1 aliphatic heterocycles. The zero-order valence-electron chi connectivity index (χ0n) is 12.2. The molecule has 1 aliphatic rings. The van der Waals surface area contributed by atoms with E-state index in [4.69, 9.17) is 4.74 Å². The molecule has 0 bridgehead atoms. The number of nitrogens with zero attached hydrogens (tertiary/aromatic N) is 1. The van der Waals surface area contributed by atoms with Gasteiger partial charge in [0.1, 0.15) is 10.6 Å². The number of aryl methyl sites for hydroxylation is 1. The molecule has 1 aromatic rings. The molecule has 0 spiro atoms. The Labute approximate surface area is 121 Å². The van der Waals surface area contributed by atoms with Crippen LogP contribution in [0, 0.1) is 6.92 Å². The molecule has 0 unspecified atom stereocenters. The molecule has 1 heterocycles. The van der Waals surface area contributed by atoms with E-state index in [2.05, 4.69) is 9.62 Å². The van der Waals surface area contributed by atoms with Crippen molar-refractivity contribution in [3.63, 3.8) is 0 Å². The molecule has 0 amide bonds. The lowest BCUT2D eigenvalue weighted by Gasteiger charge is -2.29. The van der Waals surface area contributed by atoms with Gasteiger partial charge in [0.25, 0.3) is 0 Å². The highest BCUT2D eigenvalue weighted by molar-refractivity contribution is 7.89. The summed E-state index contributed by atoms with van der Waals surface area (Å²) in [5.41, 5.74) is 0.898. The Bertz CT molecular complexity index is 564. The van der Waals surface area contributed by atoms with Crippen molar-refractivity contribution in [1.29, 1.82) is 0 Å². The summed E-state index contributed by atoms with van der Waals surface area (Å²) in [4.78, 5) is 2.43.